The van der Waals surface area contributed by atoms with Gasteiger partial charge in [-0.25, -0.2) is 0 Å². The second kappa shape index (κ2) is 2.67. The van der Waals surface area contributed by atoms with Crippen LogP contribution in [-0.2, 0) is 4.74 Å². The van der Waals surface area contributed by atoms with E-state index in [4.69, 9.17) is 9.84 Å². The van der Waals surface area contributed by atoms with Crippen LogP contribution in [0.4, 0.5) is 0 Å². The molecule has 0 amide bonds. The predicted octanol–water partition coefficient (Wildman–Crippen LogP) is 1.02. The van der Waals surface area contributed by atoms with Crippen LogP contribution in [0.15, 0.2) is 0 Å². The predicted molar refractivity (Wildman–Crippen MR) is 36.4 cm³/mol. The van der Waals surface area contributed by atoms with Crippen molar-refractivity contribution in [3.63, 3.8) is 0 Å². The Morgan fingerprint density at radius 2 is 1.78 bits per heavy atom. The average molecular weight is 131 g/mol. The van der Waals surface area contributed by atoms with Crippen molar-refractivity contribution in [2.24, 2.45) is 0 Å². The molecule has 0 atom stereocenters. The molecule has 9 heavy (non-hydrogen) atoms. The smallest absolute Gasteiger partial charge is 0.272 e. The van der Waals surface area contributed by atoms with Crippen LogP contribution >= 0.6 is 0 Å². The van der Waals surface area contributed by atoms with Crippen molar-refractivity contribution in [2.75, 3.05) is 7.11 Å². The fourth-order valence-electron chi connectivity index (χ4n) is 1.33. The molecule has 0 aromatic carbocycles. The van der Waals surface area contributed by atoms with Crippen LogP contribution in [0.3, 0.4) is 0 Å². The minimum atomic E-state index is -0.530. The molecule has 0 aromatic rings. The molecule has 1 rings (SSSR count). The lowest BCUT2D eigenvalue weighted by Gasteiger charge is -2.25. The van der Waals surface area contributed by atoms with E-state index >= 15 is 0 Å². The van der Waals surface area contributed by atoms with Gasteiger partial charge < -0.3 is 9.84 Å². The summed E-state index contributed by atoms with van der Waals surface area (Å²) in [5.74, 6) is -0.530. The van der Waals surface area contributed by atoms with Gasteiger partial charge in [-0.3, -0.25) is 0 Å². The zero-order valence-corrected chi connectivity index (χ0v) is 5.94. The van der Waals surface area contributed by atoms with Gasteiger partial charge in [-0.1, -0.05) is 6.42 Å². The van der Waals surface area contributed by atoms with Gasteiger partial charge in [0.2, 0.25) is 0 Å². The summed E-state index contributed by atoms with van der Waals surface area (Å²) in [7, 11) is 1.64. The second-order valence-corrected chi connectivity index (χ2v) is 2.76. The van der Waals surface area contributed by atoms with E-state index in [1.54, 1.807) is 7.11 Å². The first-order chi connectivity index (χ1) is 4.27. The molecule has 0 saturated heterocycles. The quantitative estimate of drug-likeness (QED) is 0.386. The van der Waals surface area contributed by atoms with Gasteiger partial charge in [0.25, 0.3) is 5.79 Å². The first-order valence-electron chi connectivity index (χ1n) is 3.57. The van der Waals surface area contributed by atoms with Crippen LogP contribution in [0, 0.1) is 0 Å². The molecular weight excluding hydrogens is 116 g/mol. The molecule has 2 heteroatoms. The highest BCUT2D eigenvalue weighted by molar-refractivity contribution is 4.71. The minimum Gasteiger partial charge on any atom is -0.419 e. The van der Waals surface area contributed by atoms with Crippen LogP contribution in [-0.4, -0.2) is 18.0 Å². The molecule has 0 bridgehead atoms. The highest BCUT2D eigenvalue weighted by Gasteiger charge is 2.33. The SMILES string of the molecule is COC1([OH2+])CCCCC1. The van der Waals surface area contributed by atoms with Gasteiger partial charge >= 0.3 is 0 Å². The fraction of sp³-hybridized carbons (Fsp3) is 1.00. The van der Waals surface area contributed by atoms with Gasteiger partial charge in [0.1, 0.15) is 0 Å². The Balaban J connectivity index is 2.37. The largest absolute Gasteiger partial charge is 0.419 e. The summed E-state index contributed by atoms with van der Waals surface area (Å²) in [6.07, 6.45) is 5.45. The molecule has 0 aliphatic heterocycles. The van der Waals surface area contributed by atoms with Gasteiger partial charge in [0.05, 0.1) is 12.8 Å². The number of rotatable bonds is 1. The lowest BCUT2D eigenvalue weighted by molar-refractivity contribution is -0.202. The van der Waals surface area contributed by atoms with Crippen molar-refractivity contribution in [2.45, 2.75) is 37.9 Å². The van der Waals surface area contributed by atoms with Gasteiger partial charge in [-0.05, 0) is 12.8 Å². The van der Waals surface area contributed by atoms with E-state index in [9.17, 15) is 0 Å². The Bertz CT molecular complexity index is 84.9. The van der Waals surface area contributed by atoms with Crippen molar-refractivity contribution in [3.8, 4) is 0 Å². The van der Waals surface area contributed by atoms with E-state index in [0.717, 1.165) is 25.7 Å². The molecule has 1 saturated carbocycles. The van der Waals surface area contributed by atoms with Gasteiger partial charge in [-0.15, -0.1) is 0 Å². The Morgan fingerprint density at radius 1 is 1.22 bits per heavy atom. The molecule has 2 N–H and O–H groups in total. The highest BCUT2D eigenvalue weighted by atomic mass is 16.6. The van der Waals surface area contributed by atoms with E-state index in [2.05, 4.69) is 0 Å². The number of hydrogen-bond donors (Lipinski definition) is 0. The van der Waals surface area contributed by atoms with Gasteiger partial charge in [0, 0.05) is 7.11 Å². The zero-order valence-electron chi connectivity index (χ0n) is 5.94. The Morgan fingerprint density at radius 3 is 2.11 bits per heavy atom. The Hall–Kier alpha value is -0.0800. The number of hydrogen-bond acceptors (Lipinski definition) is 1. The van der Waals surface area contributed by atoms with Crippen LogP contribution < -0.4 is 0 Å². The first-order valence-corrected chi connectivity index (χ1v) is 3.57. The maximum Gasteiger partial charge on any atom is 0.272 e. The molecule has 0 unspecified atom stereocenters. The Kier molecular flexibility index (Phi) is 2.09. The minimum absolute atomic E-state index is 0.530. The van der Waals surface area contributed by atoms with Gasteiger partial charge in [0.15, 0.2) is 0 Å². The summed E-state index contributed by atoms with van der Waals surface area (Å²) >= 11 is 0. The normalized spacial score (nSPS) is 26.0. The summed E-state index contributed by atoms with van der Waals surface area (Å²) in [5, 5.41) is 7.65. The monoisotopic (exact) mass is 131 g/mol. The van der Waals surface area contributed by atoms with Crippen LogP contribution in [0.2, 0.25) is 0 Å². The third-order valence-corrected chi connectivity index (χ3v) is 2.05. The van der Waals surface area contributed by atoms with Crippen molar-refractivity contribution in [1.29, 1.82) is 0 Å². The summed E-state index contributed by atoms with van der Waals surface area (Å²) in [5.41, 5.74) is 0. The summed E-state index contributed by atoms with van der Waals surface area (Å²) < 4.78 is 5.05. The third kappa shape index (κ3) is 1.66. The van der Waals surface area contributed by atoms with Crippen molar-refractivity contribution < 1.29 is 9.84 Å². The van der Waals surface area contributed by atoms with E-state index in [1.165, 1.54) is 6.42 Å². The van der Waals surface area contributed by atoms with E-state index in [0.29, 0.717) is 0 Å². The first kappa shape index (κ1) is 7.03. The molecule has 0 radical (unpaired) electrons. The molecule has 0 spiro atoms. The topological polar surface area (TPSA) is 32.1 Å². The standard InChI is InChI=1S/C7H14O2/c1-9-7(8)5-3-2-4-6-7/h8H,2-6H2,1H3/p+1. The maximum atomic E-state index is 7.65. The molecule has 2 nitrogen and oxygen atoms in total. The summed E-state index contributed by atoms with van der Waals surface area (Å²) in [6.45, 7) is 0. The zero-order chi connectivity index (χ0) is 6.74. The van der Waals surface area contributed by atoms with Crippen LogP contribution in [0.1, 0.15) is 32.1 Å². The van der Waals surface area contributed by atoms with Gasteiger partial charge in [-0.2, -0.15) is 0 Å². The molecule has 1 fully saturated rings. The number of ether oxygens (including phenoxy) is 1. The lowest BCUT2D eigenvalue weighted by Crippen LogP contribution is -2.32. The highest BCUT2D eigenvalue weighted by Crippen LogP contribution is 2.27. The average Bonchev–Trinajstić information content (AvgIpc) is 1.90. The molecule has 1 aliphatic rings. The summed E-state index contributed by atoms with van der Waals surface area (Å²) in [6, 6.07) is 0. The lowest BCUT2D eigenvalue weighted by atomic mass is 9.94. The van der Waals surface area contributed by atoms with Crippen molar-refractivity contribution in [1.82, 2.24) is 0 Å². The summed E-state index contributed by atoms with van der Waals surface area (Å²) in [4.78, 5) is 0. The van der Waals surface area contributed by atoms with Crippen LogP contribution in [0.5, 0.6) is 0 Å². The second-order valence-electron chi connectivity index (χ2n) is 2.76. The van der Waals surface area contributed by atoms with Crippen molar-refractivity contribution in [3.05, 3.63) is 0 Å². The van der Waals surface area contributed by atoms with Crippen molar-refractivity contribution >= 4 is 0 Å². The molecule has 0 aromatic heterocycles. The Labute approximate surface area is 55.8 Å². The molecule has 0 heterocycles. The maximum absolute atomic E-state index is 7.65. The number of methoxy groups -OCH3 is 1. The van der Waals surface area contributed by atoms with Crippen LogP contribution in [0.25, 0.3) is 0 Å². The van der Waals surface area contributed by atoms with E-state index in [-0.39, 0.29) is 0 Å². The van der Waals surface area contributed by atoms with E-state index in [1.807, 2.05) is 0 Å². The molecule has 1 aliphatic carbocycles. The van der Waals surface area contributed by atoms with E-state index < -0.39 is 5.79 Å². The fourth-order valence-corrected chi connectivity index (χ4v) is 1.33. The molecular formula is C7H15O2+. The molecule has 54 valence electrons. The third-order valence-electron chi connectivity index (χ3n) is 2.05.